The second-order valence-electron chi connectivity index (χ2n) is 2.43. The fourth-order valence-corrected chi connectivity index (χ4v) is 4.01. The molecule has 2 heterocycles. The fraction of sp³-hybridized carbons (Fsp3) is 0.333. The molecule has 2 N–H and O–H groups in total. The number of halogens is 6. The van der Waals surface area contributed by atoms with Gasteiger partial charge in [-0.15, -0.1) is 0 Å². The van der Waals surface area contributed by atoms with Crippen LogP contribution >= 0.6 is 95.6 Å². The van der Waals surface area contributed by atoms with Crippen LogP contribution in [0.3, 0.4) is 0 Å². The normalized spacial score (nSPS) is 26.0. The van der Waals surface area contributed by atoms with Gasteiger partial charge in [-0.3, -0.25) is 0 Å². The van der Waals surface area contributed by atoms with Crippen LogP contribution < -0.4 is 10.6 Å². The molecule has 0 fully saturated rings. The maximum absolute atomic E-state index is 4.02. The Kier molecular flexibility index (Phi) is 10.8. The summed E-state index contributed by atoms with van der Waals surface area (Å²) in [5.74, 6) is 0. The van der Waals surface area contributed by atoms with Gasteiger partial charge >= 0.3 is 27.3 Å². The van der Waals surface area contributed by atoms with Gasteiger partial charge in [-0.25, -0.2) is 0 Å². The predicted molar refractivity (Wildman–Crippen MR) is 88.2 cm³/mol. The summed E-state index contributed by atoms with van der Waals surface area (Å²) in [5, 5.41) is 14.0. The third-order valence-corrected chi connectivity index (χ3v) is 5.65. The number of rotatable bonds is 0. The molecule has 0 saturated carbocycles. The second kappa shape index (κ2) is 9.42. The number of nitrogens with zero attached hydrogens (tertiary/aromatic N) is 2. The van der Waals surface area contributed by atoms with Crippen LogP contribution in [-0.4, -0.2) is 10.2 Å². The molecule has 0 bridgehead atoms. The van der Waals surface area contributed by atoms with Gasteiger partial charge in [0.15, 0.2) is 0 Å². The topological polar surface area (TPSA) is 52.3 Å². The summed E-state index contributed by atoms with van der Waals surface area (Å²) in [6, 6.07) is 0. The molecule has 0 aliphatic carbocycles. The maximum atomic E-state index is 4.02. The monoisotopic (exact) mass is 719 g/mol. The van der Waals surface area contributed by atoms with Gasteiger partial charge in [0.2, 0.25) is 0 Å². The van der Waals surface area contributed by atoms with E-state index in [1.807, 2.05) is 0 Å². The number of nitrogens with one attached hydrogen (secondary N) is 2. The van der Waals surface area contributed by atoms with Gasteiger partial charge in [0, 0.05) is 10.2 Å². The molecule has 11 heteroatoms. The van der Waals surface area contributed by atoms with Crippen LogP contribution in [0.2, 0.25) is 0 Å². The van der Waals surface area contributed by atoms with E-state index in [1.165, 1.54) is 0 Å². The Hall–Kier alpha value is 2.48. The van der Waals surface area contributed by atoms with Crippen molar-refractivity contribution in [3.63, 3.8) is 0 Å². The van der Waals surface area contributed by atoms with Crippen LogP contribution in [0.4, 0.5) is 0 Å². The van der Waals surface area contributed by atoms with Gasteiger partial charge in [-0.05, 0) is 31.9 Å². The van der Waals surface area contributed by atoms with E-state index in [1.54, 1.807) is 0 Å². The first-order chi connectivity index (χ1) is 7.40. The summed E-state index contributed by atoms with van der Waals surface area (Å²) in [5.41, 5.74) is 0. The van der Waals surface area contributed by atoms with E-state index in [4.69, 9.17) is 0 Å². The molecule has 2 rings (SSSR count). The molecule has 2 unspecified atom stereocenters. The van der Waals surface area contributed by atoms with Gasteiger partial charge < -0.3 is 21.3 Å². The third kappa shape index (κ3) is 7.16. The van der Waals surface area contributed by atoms with Crippen molar-refractivity contribution < 1.29 is 27.3 Å². The zero-order chi connectivity index (χ0) is 12.3. The molecule has 17 heavy (non-hydrogen) atoms. The molecule has 0 aromatic carbocycles. The summed E-state index contributed by atoms with van der Waals surface area (Å²) in [6.07, 6.45) is 0. The van der Waals surface area contributed by atoms with Crippen molar-refractivity contribution in [3.8, 4) is 0 Å². The molecule has 0 aromatic heterocycles. The van der Waals surface area contributed by atoms with E-state index in [0.717, 1.165) is 18.4 Å². The Morgan fingerprint density at radius 2 is 1.06 bits per heavy atom. The minimum Gasteiger partial charge on any atom is -0.648 e. The van der Waals surface area contributed by atoms with Crippen molar-refractivity contribution in [3.05, 3.63) is 29.1 Å². The first-order valence-electron chi connectivity index (χ1n) is 3.73. The fourth-order valence-electron chi connectivity index (χ4n) is 0.705. The van der Waals surface area contributed by atoms with Gasteiger partial charge in [-0.2, -0.15) is 0 Å². The Balaban J connectivity index is 0.000000284. The van der Waals surface area contributed by atoms with Crippen LogP contribution in [0.1, 0.15) is 0 Å². The number of alkyl halides is 2. The molecule has 0 spiro atoms. The van der Waals surface area contributed by atoms with Crippen LogP contribution in [0, 0.1) is 0 Å². The SMILES string of the molecule is BrC1=C(Br)NC(Br)[N-]1.BrC1=C(Br)NC(Br)[N-]1.[Cd+2]. The molecule has 92 valence electrons. The molecule has 4 nitrogen and oxygen atoms in total. The van der Waals surface area contributed by atoms with Crippen LogP contribution in [0.25, 0.3) is 10.6 Å². The molecule has 2 atom stereocenters. The van der Waals surface area contributed by atoms with E-state index in [0.29, 0.717) is 0 Å². The van der Waals surface area contributed by atoms with Gasteiger partial charge in [0.25, 0.3) is 0 Å². The molecule has 0 saturated heterocycles. The summed E-state index contributed by atoms with van der Waals surface area (Å²) >= 11 is 19.4. The molecular formula is C6H4Br6CdN4. The first kappa shape index (κ1) is 19.5. The average molecular weight is 724 g/mol. The van der Waals surface area contributed by atoms with Crippen LogP contribution in [0.15, 0.2) is 18.4 Å². The molecule has 2 aliphatic heterocycles. The smallest absolute Gasteiger partial charge is 0.648 e. The van der Waals surface area contributed by atoms with Crippen molar-refractivity contribution in [2.45, 2.75) is 10.2 Å². The number of hydrogen-bond donors (Lipinski definition) is 2. The Labute approximate surface area is 170 Å². The van der Waals surface area contributed by atoms with Crippen molar-refractivity contribution in [2.24, 2.45) is 0 Å². The first-order valence-corrected chi connectivity index (χ1v) is 8.74. The standard InChI is InChI=1S/2C3H2Br3N2.Cd/c2*4-1-2(5)8-3(6)7-1;/h2*3,7H;/q2*-1;+2. The van der Waals surface area contributed by atoms with Gasteiger partial charge in [0.1, 0.15) is 0 Å². The Morgan fingerprint density at radius 1 is 0.765 bits per heavy atom. The van der Waals surface area contributed by atoms with Crippen molar-refractivity contribution >= 4 is 95.6 Å². The largest absolute Gasteiger partial charge is 2.00 e. The summed E-state index contributed by atoms with van der Waals surface area (Å²) in [4.78, 5) is 0. The van der Waals surface area contributed by atoms with Gasteiger partial charge in [0.05, 0.1) is 9.21 Å². The van der Waals surface area contributed by atoms with E-state index in [-0.39, 0.29) is 37.4 Å². The minimum atomic E-state index is 0. The van der Waals surface area contributed by atoms with E-state index in [9.17, 15) is 0 Å². The molecule has 0 radical (unpaired) electrons. The van der Waals surface area contributed by atoms with E-state index < -0.39 is 0 Å². The predicted octanol–water partition coefficient (Wildman–Crippen LogP) is 5.11. The van der Waals surface area contributed by atoms with Crippen LogP contribution in [-0.2, 0) is 27.3 Å². The second-order valence-corrected chi connectivity index (χ2v) is 7.25. The molecule has 2 aliphatic rings. The van der Waals surface area contributed by atoms with Crippen molar-refractivity contribution in [1.29, 1.82) is 0 Å². The maximum Gasteiger partial charge on any atom is 2.00 e. The van der Waals surface area contributed by atoms with E-state index in [2.05, 4.69) is 117 Å². The minimum absolute atomic E-state index is 0. The average Bonchev–Trinajstić information content (AvgIpc) is 2.58. The molecular weight excluding hydrogens is 720 g/mol. The van der Waals surface area contributed by atoms with Crippen molar-refractivity contribution in [1.82, 2.24) is 10.6 Å². The van der Waals surface area contributed by atoms with Crippen molar-refractivity contribution in [2.75, 3.05) is 0 Å². The summed E-state index contributed by atoms with van der Waals surface area (Å²) < 4.78 is 3.41. The Bertz CT molecular complexity index is 274. The molecule has 0 amide bonds. The zero-order valence-electron chi connectivity index (χ0n) is 8.02. The molecule has 0 aromatic rings. The quantitative estimate of drug-likeness (QED) is 0.208. The van der Waals surface area contributed by atoms with Crippen LogP contribution in [0.5, 0.6) is 0 Å². The van der Waals surface area contributed by atoms with Gasteiger partial charge in [-0.1, -0.05) is 72.9 Å². The third-order valence-electron chi connectivity index (χ3n) is 1.31. The zero-order valence-corrected chi connectivity index (χ0v) is 21.6. The van der Waals surface area contributed by atoms with E-state index >= 15 is 0 Å². The summed E-state index contributed by atoms with van der Waals surface area (Å²) in [7, 11) is 0. The summed E-state index contributed by atoms with van der Waals surface area (Å²) in [6.45, 7) is 0. The Morgan fingerprint density at radius 3 is 1.12 bits per heavy atom. The number of hydrogen-bond acceptors (Lipinski definition) is 2.